The van der Waals surface area contributed by atoms with Gasteiger partial charge >= 0.3 is 0 Å². The minimum Gasteiger partial charge on any atom is -0.503 e. The number of aliphatic hydroxyl groups is 1. The van der Waals surface area contributed by atoms with Gasteiger partial charge in [-0.2, -0.15) is 0 Å². The van der Waals surface area contributed by atoms with Crippen LogP contribution in [0, 0.1) is 0 Å². The third kappa shape index (κ3) is 3.82. The first kappa shape index (κ1) is 22.4. The van der Waals surface area contributed by atoms with E-state index in [2.05, 4.69) is 0 Å². The van der Waals surface area contributed by atoms with Gasteiger partial charge in [0, 0.05) is 12.6 Å². The monoisotopic (exact) mass is 465 g/mol. The highest BCUT2D eigenvalue weighted by Gasteiger charge is 2.53. The van der Waals surface area contributed by atoms with Crippen molar-refractivity contribution in [3.8, 4) is 17.2 Å². The summed E-state index contributed by atoms with van der Waals surface area (Å²) in [6, 6.07) is 15.7. The Kier molecular flexibility index (Phi) is 6.11. The summed E-state index contributed by atoms with van der Waals surface area (Å²) in [4.78, 5) is 29.0. The summed E-state index contributed by atoms with van der Waals surface area (Å²) in [5.74, 6) is 0.0523. The molecule has 0 bridgehead atoms. The van der Waals surface area contributed by atoms with E-state index in [9.17, 15) is 14.7 Å². The first-order chi connectivity index (χ1) is 15.9. The number of nitrogens with zero attached hydrogens (tertiary/aromatic N) is 1. The van der Waals surface area contributed by atoms with Crippen LogP contribution in [0.5, 0.6) is 17.2 Å². The maximum atomic E-state index is 14.0. The van der Waals surface area contributed by atoms with Gasteiger partial charge in [0.05, 0.1) is 26.2 Å². The summed E-state index contributed by atoms with van der Waals surface area (Å²) in [6.45, 7) is 0.0715. The highest BCUT2D eigenvalue weighted by atomic mass is 32.1. The van der Waals surface area contributed by atoms with Crippen LogP contribution in [0.15, 0.2) is 71.8 Å². The third-order valence-corrected chi connectivity index (χ3v) is 6.49. The van der Waals surface area contributed by atoms with Crippen molar-refractivity contribution < 1.29 is 28.9 Å². The molecule has 2 aromatic carbocycles. The summed E-state index contributed by atoms with van der Waals surface area (Å²) >= 11 is 1.27. The summed E-state index contributed by atoms with van der Waals surface area (Å²) in [5.41, 5.74) is -0.359. The fraction of sp³-hybridized carbons (Fsp3) is 0.200. The number of rotatable bonds is 8. The van der Waals surface area contributed by atoms with Gasteiger partial charge in [-0.05, 0) is 46.8 Å². The minimum atomic E-state index is -1.57. The van der Waals surface area contributed by atoms with Crippen LogP contribution in [-0.2, 0) is 16.9 Å². The molecule has 2 heterocycles. The largest absolute Gasteiger partial charge is 0.503 e. The highest BCUT2D eigenvalue weighted by Crippen LogP contribution is 2.44. The molecular formula is C25H23NO6S. The van der Waals surface area contributed by atoms with Gasteiger partial charge in [-0.3, -0.25) is 9.59 Å². The Morgan fingerprint density at radius 3 is 2.45 bits per heavy atom. The molecule has 0 radical (unpaired) electrons. The molecule has 7 nitrogen and oxygen atoms in total. The van der Waals surface area contributed by atoms with Crippen molar-refractivity contribution in [2.24, 2.45) is 0 Å². The Morgan fingerprint density at radius 2 is 1.79 bits per heavy atom. The van der Waals surface area contributed by atoms with E-state index in [0.29, 0.717) is 27.7 Å². The second-order valence-electron chi connectivity index (χ2n) is 7.41. The molecule has 0 saturated heterocycles. The lowest BCUT2D eigenvalue weighted by atomic mass is 9.83. The second-order valence-corrected chi connectivity index (χ2v) is 8.36. The number of carbonyl (C=O) groups excluding carboxylic acids is 2. The van der Waals surface area contributed by atoms with Crippen molar-refractivity contribution >= 4 is 23.0 Å². The number of Topliss-reactive ketones (excluding diaryl/α,β-unsaturated/α-hetero) is 1. The lowest BCUT2D eigenvalue weighted by Crippen LogP contribution is -2.49. The zero-order chi connectivity index (χ0) is 23.6. The van der Waals surface area contributed by atoms with E-state index in [-0.39, 0.29) is 12.3 Å². The predicted octanol–water partition coefficient (Wildman–Crippen LogP) is 4.34. The number of carbonyl (C=O) groups is 2. The number of aliphatic hydroxyl groups excluding tert-OH is 1. The van der Waals surface area contributed by atoms with Crippen LogP contribution >= 0.6 is 11.3 Å². The molecule has 4 rings (SSSR count). The van der Waals surface area contributed by atoms with Crippen molar-refractivity contribution in [1.29, 1.82) is 0 Å². The molecule has 1 N–H and O–H groups in total. The molecule has 1 atom stereocenters. The quantitative estimate of drug-likeness (QED) is 0.498. The first-order valence-corrected chi connectivity index (χ1v) is 11.0. The van der Waals surface area contributed by atoms with E-state index in [4.69, 9.17) is 14.2 Å². The average molecular weight is 466 g/mol. The molecule has 3 aromatic rings. The number of ketones is 1. The molecule has 0 spiro atoms. The van der Waals surface area contributed by atoms with Crippen LogP contribution in [-0.4, -0.2) is 43.0 Å². The van der Waals surface area contributed by atoms with Crippen molar-refractivity contribution in [2.45, 2.75) is 12.1 Å². The van der Waals surface area contributed by atoms with Crippen LogP contribution in [0.25, 0.3) is 0 Å². The Morgan fingerprint density at radius 1 is 1.00 bits per heavy atom. The lowest BCUT2D eigenvalue weighted by molar-refractivity contribution is -0.131. The molecule has 0 saturated carbocycles. The van der Waals surface area contributed by atoms with E-state index in [0.717, 1.165) is 5.56 Å². The van der Waals surface area contributed by atoms with Gasteiger partial charge in [0.25, 0.3) is 5.91 Å². The maximum absolute atomic E-state index is 14.0. The Balaban J connectivity index is 1.91. The molecule has 1 amide bonds. The van der Waals surface area contributed by atoms with Crippen molar-refractivity contribution in [3.63, 3.8) is 0 Å². The third-order valence-electron chi connectivity index (χ3n) is 5.63. The van der Waals surface area contributed by atoms with Crippen LogP contribution < -0.4 is 14.2 Å². The topological polar surface area (TPSA) is 85.3 Å². The van der Waals surface area contributed by atoms with E-state index in [1.54, 1.807) is 61.0 Å². The van der Waals surface area contributed by atoms with Crippen LogP contribution in [0.4, 0.5) is 0 Å². The Bertz CT molecular complexity index is 1220. The lowest BCUT2D eigenvalue weighted by Gasteiger charge is -2.37. The number of hydrogen-bond donors (Lipinski definition) is 1. The van der Waals surface area contributed by atoms with Gasteiger partial charge in [0.1, 0.15) is 5.75 Å². The summed E-state index contributed by atoms with van der Waals surface area (Å²) < 4.78 is 16.1. The van der Waals surface area contributed by atoms with Crippen LogP contribution in [0.2, 0.25) is 0 Å². The smallest absolute Gasteiger partial charge is 0.290 e. The number of ether oxygens (including phenoxy) is 3. The van der Waals surface area contributed by atoms with Gasteiger partial charge in [-0.1, -0.05) is 24.3 Å². The fourth-order valence-corrected chi connectivity index (χ4v) is 4.74. The summed E-state index contributed by atoms with van der Waals surface area (Å²) in [5, 5.41) is 12.4. The SMILES string of the molecule is COc1cccc(CN2C(=O)C(O)=CC2(C(=O)c2cccs2)c2ccc(OC)c(OC)c2)c1. The zero-order valence-electron chi connectivity index (χ0n) is 18.4. The number of amides is 1. The predicted molar refractivity (Wildman–Crippen MR) is 124 cm³/mol. The molecule has 1 unspecified atom stereocenters. The molecule has 1 aliphatic heterocycles. The molecule has 1 aliphatic rings. The van der Waals surface area contributed by atoms with Crippen LogP contribution in [0.1, 0.15) is 20.8 Å². The van der Waals surface area contributed by atoms with E-state index < -0.39 is 17.2 Å². The molecule has 1 aromatic heterocycles. The van der Waals surface area contributed by atoms with E-state index in [1.165, 1.54) is 36.5 Å². The van der Waals surface area contributed by atoms with Crippen LogP contribution in [0.3, 0.4) is 0 Å². The molecule has 0 aliphatic carbocycles. The zero-order valence-corrected chi connectivity index (χ0v) is 19.2. The number of benzene rings is 2. The molecule has 33 heavy (non-hydrogen) atoms. The summed E-state index contributed by atoms with van der Waals surface area (Å²) in [6.07, 6.45) is 1.32. The standard InChI is InChI=1S/C25H23NO6S/c1-30-18-7-4-6-16(12-18)15-26-24(29)19(27)14-25(26,23(28)22-8-5-11-33-22)17-9-10-20(31-2)21(13-17)32-3/h4-14,27H,15H2,1-3H3. The molecule has 0 fully saturated rings. The number of hydrogen-bond acceptors (Lipinski definition) is 7. The van der Waals surface area contributed by atoms with E-state index >= 15 is 0 Å². The van der Waals surface area contributed by atoms with Gasteiger partial charge < -0.3 is 24.2 Å². The second kappa shape index (κ2) is 8.99. The van der Waals surface area contributed by atoms with Crippen molar-refractivity contribution in [1.82, 2.24) is 4.90 Å². The fourth-order valence-electron chi connectivity index (χ4n) is 4.01. The molecular weight excluding hydrogens is 442 g/mol. The van der Waals surface area contributed by atoms with Gasteiger partial charge in [-0.15, -0.1) is 11.3 Å². The van der Waals surface area contributed by atoms with Gasteiger partial charge in [0.2, 0.25) is 5.78 Å². The first-order valence-electron chi connectivity index (χ1n) is 10.1. The highest BCUT2D eigenvalue weighted by molar-refractivity contribution is 7.12. The van der Waals surface area contributed by atoms with Gasteiger partial charge in [-0.25, -0.2) is 0 Å². The maximum Gasteiger partial charge on any atom is 0.290 e. The van der Waals surface area contributed by atoms with Crippen molar-refractivity contribution in [2.75, 3.05) is 21.3 Å². The minimum absolute atomic E-state index is 0.0715. The normalized spacial score (nSPS) is 17.6. The molecule has 8 heteroatoms. The van der Waals surface area contributed by atoms with Gasteiger partial charge in [0.15, 0.2) is 22.8 Å². The van der Waals surface area contributed by atoms with E-state index in [1.807, 2.05) is 6.07 Å². The molecule has 170 valence electrons. The number of methoxy groups -OCH3 is 3. The van der Waals surface area contributed by atoms with Crippen molar-refractivity contribution in [3.05, 3.63) is 87.8 Å². The summed E-state index contributed by atoms with van der Waals surface area (Å²) in [7, 11) is 4.57. The Hall–Kier alpha value is -3.78. The Labute approximate surface area is 195 Å². The number of thiophene rings is 1. The average Bonchev–Trinajstić information content (AvgIpc) is 3.47.